The monoisotopic (exact) mass is 392 g/mol. The zero-order chi connectivity index (χ0) is 19.6. The Kier molecular flexibility index (Phi) is 5.69. The van der Waals surface area contributed by atoms with Gasteiger partial charge in [0.25, 0.3) is 5.91 Å². The van der Waals surface area contributed by atoms with Crippen LogP contribution in [0.3, 0.4) is 0 Å². The fourth-order valence-electron chi connectivity index (χ4n) is 3.01. The van der Waals surface area contributed by atoms with Gasteiger partial charge in [-0.15, -0.1) is 0 Å². The Balaban J connectivity index is 1.85. The van der Waals surface area contributed by atoms with E-state index in [1.807, 2.05) is 19.1 Å². The van der Waals surface area contributed by atoms with Gasteiger partial charge in [0.15, 0.2) is 0 Å². The number of nitrogens with zero attached hydrogens (tertiary/aromatic N) is 2. The quantitative estimate of drug-likeness (QED) is 0.779. The van der Waals surface area contributed by atoms with Gasteiger partial charge >= 0.3 is 0 Å². The lowest BCUT2D eigenvalue weighted by Gasteiger charge is -2.26. The SMILES string of the molecule is Cc1ccc(CN(C)C(=O)c2cc(S(=O)(=O)N3CCOCC3)ccc2C)o1. The van der Waals surface area contributed by atoms with E-state index in [0.717, 1.165) is 11.3 Å². The van der Waals surface area contributed by atoms with Crippen LogP contribution in [0.5, 0.6) is 0 Å². The van der Waals surface area contributed by atoms with Gasteiger partial charge in [-0.1, -0.05) is 6.07 Å². The van der Waals surface area contributed by atoms with E-state index >= 15 is 0 Å². The van der Waals surface area contributed by atoms with Crippen molar-refractivity contribution in [1.29, 1.82) is 0 Å². The normalized spacial score (nSPS) is 15.7. The van der Waals surface area contributed by atoms with E-state index in [0.29, 0.717) is 44.2 Å². The highest BCUT2D eigenvalue weighted by atomic mass is 32.2. The van der Waals surface area contributed by atoms with Crippen molar-refractivity contribution < 1.29 is 22.4 Å². The average molecular weight is 392 g/mol. The van der Waals surface area contributed by atoms with Crippen LogP contribution in [0.15, 0.2) is 39.6 Å². The molecule has 3 rings (SSSR count). The number of hydrogen-bond donors (Lipinski definition) is 0. The Morgan fingerprint density at radius 2 is 1.85 bits per heavy atom. The predicted octanol–water partition coefficient (Wildman–Crippen LogP) is 2.19. The zero-order valence-corrected chi connectivity index (χ0v) is 16.6. The molecule has 146 valence electrons. The number of rotatable bonds is 5. The first kappa shape index (κ1) is 19.6. The van der Waals surface area contributed by atoms with Gasteiger partial charge in [-0.05, 0) is 43.7 Å². The molecule has 1 aromatic carbocycles. The standard InChI is InChI=1S/C19H24N2O5S/c1-14-4-7-17(27(23,24)21-8-10-25-11-9-21)12-18(14)19(22)20(3)13-16-6-5-15(2)26-16/h4-7,12H,8-11,13H2,1-3H3. The van der Waals surface area contributed by atoms with Crippen molar-refractivity contribution in [2.45, 2.75) is 25.3 Å². The number of carbonyl (C=O) groups is 1. The second-order valence-electron chi connectivity index (χ2n) is 6.67. The van der Waals surface area contributed by atoms with Crippen molar-refractivity contribution in [2.75, 3.05) is 33.4 Å². The van der Waals surface area contributed by atoms with Crippen LogP contribution in [0.4, 0.5) is 0 Å². The van der Waals surface area contributed by atoms with E-state index in [1.165, 1.54) is 15.3 Å². The van der Waals surface area contributed by atoms with Crippen LogP contribution < -0.4 is 0 Å². The summed E-state index contributed by atoms with van der Waals surface area (Å²) in [5.74, 6) is 1.21. The summed E-state index contributed by atoms with van der Waals surface area (Å²) >= 11 is 0. The maximum Gasteiger partial charge on any atom is 0.254 e. The van der Waals surface area contributed by atoms with E-state index < -0.39 is 10.0 Å². The zero-order valence-electron chi connectivity index (χ0n) is 15.8. The molecule has 0 aliphatic carbocycles. The third kappa shape index (κ3) is 4.23. The Hall–Kier alpha value is -2.16. The number of ether oxygens (including phenoxy) is 1. The Morgan fingerprint density at radius 1 is 1.15 bits per heavy atom. The van der Waals surface area contributed by atoms with E-state index in [1.54, 1.807) is 26.1 Å². The third-order valence-electron chi connectivity index (χ3n) is 4.58. The highest BCUT2D eigenvalue weighted by molar-refractivity contribution is 7.89. The molecule has 1 fully saturated rings. The minimum atomic E-state index is -3.65. The van der Waals surface area contributed by atoms with Crippen LogP contribution in [0, 0.1) is 13.8 Å². The fraction of sp³-hybridized carbons (Fsp3) is 0.421. The molecule has 1 aliphatic heterocycles. The number of amides is 1. The lowest BCUT2D eigenvalue weighted by Crippen LogP contribution is -2.40. The summed E-state index contributed by atoms with van der Waals surface area (Å²) in [6.45, 7) is 5.34. The van der Waals surface area contributed by atoms with Crippen molar-refractivity contribution in [3.8, 4) is 0 Å². The van der Waals surface area contributed by atoms with Crippen LogP contribution >= 0.6 is 0 Å². The van der Waals surface area contributed by atoms with Crippen molar-refractivity contribution in [1.82, 2.24) is 9.21 Å². The van der Waals surface area contributed by atoms with Crippen LogP contribution in [0.25, 0.3) is 0 Å². The molecule has 0 saturated carbocycles. The van der Waals surface area contributed by atoms with Crippen LogP contribution in [-0.2, 0) is 21.3 Å². The maximum absolute atomic E-state index is 12.9. The lowest BCUT2D eigenvalue weighted by atomic mass is 10.1. The fourth-order valence-corrected chi connectivity index (χ4v) is 4.44. The van der Waals surface area contributed by atoms with Gasteiger partial charge in [0, 0.05) is 25.7 Å². The summed E-state index contributed by atoms with van der Waals surface area (Å²) < 4.78 is 37.9. The number of sulfonamides is 1. The summed E-state index contributed by atoms with van der Waals surface area (Å²) in [4.78, 5) is 14.5. The first-order valence-electron chi connectivity index (χ1n) is 8.78. The minimum Gasteiger partial charge on any atom is -0.464 e. The molecule has 2 aromatic rings. The van der Waals surface area contributed by atoms with Crippen LogP contribution in [0.2, 0.25) is 0 Å². The van der Waals surface area contributed by atoms with Crippen LogP contribution in [-0.4, -0.2) is 56.9 Å². The molecule has 0 spiro atoms. The number of benzene rings is 1. The molecule has 1 saturated heterocycles. The number of morpholine rings is 1. The molecular formula is C19H24N2O5S. The van der Waals surface area contributed by atoms with Gasteiger partial charge in [-0.25, -0.2) is 8.42 Å². The molecule has 0 N–H and O–H groups in total. The second-order valence-corrected chi connectivity index (χ2v) is 8.60. The molecule has 0 radical (unpaired) electrons. The van der Waals surface area contributed by atoms with E-state index in [9.17, 15) is 13.2 Å². The number of aryl methyl sites for hydroxylation is 2. The Morgan fingerprint density at radius 3 is 2.48 bits per heavy atom. The summed E-state index contributed by atoms with van der Waals surface area (Å²) in [7, 11) is -1.98. The van der Waals surface area contributed by atoms with Crippen molar-refractivity contribution in [3.63, 3.8) is 0 Å². The van der Waals surface area contributed by atoms with Gasteiger partial charge < -0.3 is 14.1 Å². The summed E-state index contributed by atoms with van der Waals surface area (Å²) in [6.07, 6.45) is 0. The molecule has 2 heterocycles. The molecule has 1 aromatic heterocycles. The van der Waals surface area contributed by atoms with E-state index in [2.05, 4.69) is 0 Å². The summed E-state index contributed by atoms with van der Waals surface area (Å²) in [5.41, 5.74) is 1.10. The van der Waals surface area contributed by atoms with E-state index in [4.69, 9.17) is 9.15 Å². The van der Waals surface area contributed by atoms with Crippen molar-refractivity contribution >= 4 is 15.9 Å². The first-order valence-corrected chi connectivity index (χ1v) is 10.2. The topological polar surface area (TPSA) is 80.1 Å². The van der Waals surface area contributed by atoms with Gasteiger partial charge in [0.05, 0.1) is 24.7 Å². The van der Waals surface area contributed by atoms with Crippen molar-refractivity contribution in [2.24, 2.45) is 0 Å². The predicted molar refractivity (Wildman–Crippen MR) is 100.0 cm³/mol. The first-order chi connectivity index (χ1) is 12.8. The van der Waals surface area contributed by atoms with Crippen LogP contribution in [0.1, 0.15) is 27.4 Å². The molecule has 8 heteroatoms. The van der Waals surface area contributed by atoms with Crippen molar-refractivity contribution in [3.05, 3.63) is 53.0 Å². The largest absolute Gasteiger partial charge is 0.464 e. The Bertz CT molecular complexity index is 929. The molecule has 0 atom stereocenters. The lowest BCUT2D eigenvalue weighted by molar-refractivity contribution is 0.0730. The number of carbonyl (C=O) groups excluding carboxylic acids is 1. The summed E-state index contributed by atoms with van der Waals surface area (Å²) in [5, 5.41) is 0. The third-order valence-corrected chi connectivity index (χ3v) is 6.48. The smallest absolute Gasteiger partial charge is 0.254 e. The van der Waals surface area contributed by atoms with Gasteiger partial charge in [0.1, 0.15) is 11.5 Å². The molecule has 0 unspecified atom stereocenters. The highest BCUT2D eigenvalue weighted by Crippen LogP contribution is 2.22. The van der Waals surface area contributed by atoms with Gasteiger partial charge in [0.2, 0.25) is 10.0 Å². The Labute approximate surface area is 159 Å². The number of furan rings is 1. The minimum absolute atomic E-state index is 0.126. The highest BCUT2D eigenvalue weighted by Gasteiger charge is 2.28. The summed E-state index contributed by atoms with van der Waals surface area (Å²) in [6, 6.07) is 8.35. The molecule has 0 bridgehead atoms. The maximum atomic E-state index is 12.9. The molecule has 7 nitrogen and oxygen atoms in total. The van der Waals surface area contributed by atoms with E-state index in [-0.39, 0.29) is 10.8 Å². The van der Waals surface area contributed by atoms with Gasteiger partial charge in [-0.2, -0.15) is 4.31 Å². The molecule has 1 amide bonds. The molecular weight excluding hydrogens is 368 g/mol. The average Bonchev–Trinajstić information content (AvgIpc) is 3.06. The van der Waals surface area contributed by atoms with Gasteiger partial charge in [-0.3, -0.25) is 4.79 Å². The second kappa shape index (κ2) is 7.84. The molecule has 27 heavy (non-hydrogen) atoms. The molecule has 1 aliphatic rings. The number of hydrogen-bond acceptors (Lipinski definition) is 5.